The minimum atomic E-state index is -3.46. The quantitative estimate of drug-likeness (QED) is 0.712. The highest BCUT2D eigenvalue weighted by atomic mass is 32.2. The molecule has 1 atom stereocenters. The lowest BCUT2D eigenvalue weighted by Crippen LogP contribution is -2.33. The lowest BCUT2D eigenvalue weighted by Gasteiger charge is -2.13. The molecule has 1 aromatic carbocycles. The van der Waals surface area contributed by atoms with Crippen molar-refractivity contribution in [3.63, 3.8) is 0 Å². The van der Waals surface area contributed by atoms with Crippen LogP contribution in [0.4, 0.5) is 0 Å². The van der Waals surface area contributed by atoms with E-state index in [4.69, 9.17) is 18.0 Å². The van der Waals surface area contributed by atoms with Gasteiger partial charge in [-0.3, -0.25) is 0 Å². The van der Waals surface area contributed by atoms with Crippen LogP contribution in [0, 0.1) is 0 Å². The predicted molar refractivity (Wildman–Crippen MR) is 89.7 cm³/mol. The Morgan fingerprint density at radius 2 is 2.00 bits per heavy atom. The average Bonchev–Trinajstić information content (AvgIpc) is 2.35. The third-order valence-corrected chi connectivity index (χ3v) is 5.12. The third kappa shape index (κ3) is 5.78. The first-order chi connectivity index (χ1) is 9.35. The van der Waals surface area contributed by atoms with Crippen LogP contribution >= 0.6 is 24.0 Å². The van der Waals surface area contributed by atoms with Crippen molar-refractivity contribution in [1.29, 1.82) is 0 Å². The normalized spacial score (nSPS) is 13.1. The Balaban J connectivity index is 2.74. The van der Waals surface area contributed by atoms with Crippen LogP contribution in [0.15, 0.2) is 29.2 Å². The molecule has 112 valence electrons. The van der Waals surface area contributed by atoms with Crippen molar-refractivity contribution >= 4 is 39.0 Å². The lowest BCUT2D eigenvalue weighted by molar-refractivity contribution is 0.557. The van der Waals surface area contributed by atoms with E-state index in [1.807, 2.05) is 13.2 Å². The molecule has 0 radical (unpaired) electrons. The molecular formula is C13H20N2O2S3. The Labute approximate surface area is 130 Å². The molecule has 4 nitrogen and oxygen atoms in total. The van der Waals surface area contributed by atoms with E-state index in [0.717, 1.165) is 17.7 Å². The minimum Gasteiger partial charge on any atom is -0.393 e. The molecule has 0 bridgehead atoms. The fourth-order valence-corrected chi connectivity index (χ4v) is 3.71. The van der Waals surface area contributed by atoms with Gasteiger partial charge in [0.1, 0.15) is 0 Å². The smallest absolute Gasteiger partial charge is 0.240 e. The number of hydrogen-bond acceptors (Lipinski definition) is 4. The van der Waals surface area contributed by atoms with Crippen molar-refractivity contribution in [2.75, 3.05) is 12.0 Å². The molecule has 0 aliphatic carbocycles. The Kier molecular flexibility index (Phi) is 6.94. The highest BCUT2D eigenvalue weighted by Crippen LogP contribution is 2.12. The van der Waals surface area contributed by atoms with Gasteiger partial charge in [0.2, 0.25) is 10.0 Å². The summed E-state index contributed by atoms with van der Waals surface area (Å²) in [7, 11) is -3.46. The van der Waals surface area contributed by atoms with E-state index in [9.17, 15) is 8.42 Å². The summed E-state index contributed by atoms with van der Waals surface area (Å²) in [6, 6.07) is 6.55. The second-order valence-corrected chi connectivity index (χ2v) is 7.81. The zero-order chi connectivity index (χ0) is 15.2. The monoisotopic (exact) mass is 332 g/mol. The maximum Gasteiger partial charge on any atom is 0.240 e. The Morgan fingerprint density at radius 1 is 1.40 bits per heavy atom. The molecule has 0 aliphatic rings. The number of sulfonamides is 1. The fourth-order valence-electron chi connectivity index (χ4n) is 1.67. The highest BCUT2D eigenvalue weighted by molar-refractivity contribution is 7.98. The van der Waals surface area contributed by atoms with Gasteiger partial charge in [0.25, 0.3) is 0 Å². The van der Waals surface area contributed by atoms with Gasteiger partial charge < -0.3 is 5.73 Å². The second kappa shape index (κ2) is 7.97. The summed E-state index contributed by atoms with van der Waals surface area (Å²) in [6.07, 6.45) is 3.29. The van der Waals surface area contributed by atoms with E-state index in [1.54, 1.807) is 36.0 Å². The fraction of sp³-hybridized carbons (Fsp3) is 0.462. The standard InChI is InChI=1S/C13H20N2O2S3/c1-10(7-8-19-2)15-20(16,17)12-5-3-11(4-6-12)9-13(14)18/h3-6,10,15H,7-9H2,1-2H3,(H2,14,18). The first-order valence-electron chi connectivity index (χ1n) is 6.23. The molecule has 0 aliphatic heterocycles. The number of benzene rings is 1. The molecule has 0 amide bonds. The second-order valence-electron chi connectivity index (χ2n) is 4.59. The molecule has 1 unspecified atom stereocenters. The van der Waals surface area contributed by atoms with Gasteiger partial charge in [0.15, 0.2) is 0 Å². The third-order valence-electron chi connectivity index (χ3n) is 2.72. The minimum absolute atomic E-state index is 0.0799. The lowest BCUT2D eigenvalue weighted by atomic mass is 10.1. The molecule has 3 N–H and O–H groups in total. The van der Waals surface area contributed by atoms with E-state index in [1.165, 1.54) is 0 Å². The molecule has 20 heavy (non-hydrogen) atoms. The van der Waals surface area contributed by atoms with Crippen molar-refractivity contribution in [2.24, 2.45) is 5.73 Å². The van der Waals surface area contributed by atoms with E-state index < -0.39 is 10.0 Å². The summed E-state index contributed by atoms with van der Waals surface area (Å²) >= 11 is 6.53. The maximum atomic E-state index is 12.2. The van der Waals surface area contributed by atoms with Gasteiger partial charge in [-0.15, -0.1) is 0 Å². The molecule has 0 fully saturated rings. The van der Waals surface area contributed by atoms with Crippen molar-refractivity contribution in [1.82, 2.24) is 4.72 Å². The van der Waals surface area contributed by atoms with Crippen LogP contribution in [0.3, 0.4) is 0 Å². The van der Waals surface area contributed by atoms with Crippen molar-refractivity contribution in [3.05, 3.63) is 29.8 Å². The van der Waals surface area contributed by atoms with Gasteiger partial charge in [-0.25, -0.2) is 13.1 Å². The molecule has 1 rings (SSSR count). The average molecular weight is 333 g/mol. The molecule has 1 aromatic rings. The Hall–Kier alpha value is -0.630. The topological polar surface area (TPSA) is 72.2 Å². The van der Waals surface area contributed by atoms with E-state index >= 15 is 0 Å². The van der Waals surface area contributed by atoms with E-state index in [0.29, 0.717) is 11.4 Å². The predicted octanol–water partition coefficient (Wildman–Crippen LogP) is 1.94. The van der Waals surface area contributed by atoms with Crippen molar-refractivity contribution < 1.29 is 8.42 Å². The Bertz CT molecular complexity index is 541. The first-order valence-corrected chi connectivity index (χ1v) is 9.52. The molecule has 0 saturated carbocycles. The molecule has 0 spiro atoms. The number of thiocarbonyl (C=S) groups is 1. The molecule has 0 heterocycles. The number of rotatable bonds is 8. The van der Waals surface area contributed by atoms with Crippen LogP contribution in [-0.4, -0.2) is 31.5 Å². The molecule has 0 aromatic heterocycles. The summed E-state index contributed by atoms with van der Waals surface area (Å²) < 4.78 is 27.0. The van der Waals surface area contributed by atoms with Gasteiger partial charge in [-0.05, 0) is 43.0 Å². The molecule has 0 saturated heterocycles. The van der Waals surface area contributed by atoms with Crippen LogP contribution in [0.2, 0.25) is 0 Å². The maximum absolute atomic E-state index is 12.2. The molecular weight excluding hydrogens is 312 g/mol. The van der Waals surface area contributed by atoms with Crippen LogP contribution in [0.5, 0.6) is 0 Å². The van der Waals surface area contributed by atoms with Crippen LogP contribution in [-0.2, 0) is 16.4 Å². The number of nitrogens with one attached hydrogen (secondary N) is 1. The Morgan fingerprint density at radius 3 is 2.50 bits per heavy atom. The summed E-state index contributed by atoms with van der Waals surface area (Å²) in [6.45, 7) is 1.87. The van der Waals surface area contributed by atoms with Crippen LogP contribution in [0.25, 0.3) is 0 Å². The highest BCUT2D eigenvalue weighted by Gasteiger charge is 2.16. The summed E-state index contributed by atoms with van der Waals surface area (Å²) in [5, 5.41) is 0. The molecule has 7 heteroatoms. The zero-order valence-corrected chi connectivity index (χ0v) is 14.1. The van der Waals surface area contributed by atoms with Crippen molar-refractivity contribution in [3.8, 4) is 0 Å². The van der Waals surface area contributed by atoms with Gasteiger partial charge in [-0.2, -0.15) is 11.8 Å². The zero-order valence-electron chi connectivity index (χ0n) is 11.6. The van der Waals surface area contributed by atoms with Crippen molar-refractivity contribution in [2.45, 2.75) is 30.7 Å². The number of thioether (sulfide) groups is 1. The van der Waals surface area contributed by atoms with E-state index in [2.05, 4.69) is 4.72 Å². The SMILES string of the molecule is CSCCC(C)NS(=O)(=O)c1ccc(CC(N)=S)cc1. The summed E-state index contributed by atoms with van der Waals surface area (Å²) in [5.41, 5.74) is 6.37. The van der Waals surface area contributed by atoms with Crippen LogP contribution in [0.1, 0.15) is 18.9 Å². The van der Waals surface area contributed by atoms with E-state index in [-0.39, 0.29) is 10.9 Å². The number of hydrogen-bond donors (Lipinski definition) is 2. The first kappa shape index (κ1) is 17.4. The number of nitrogens with two attached hydrogens (primary N) is 1. The van der Waals surface area contributed by atoms with Crippen LogP contribution < -0.4 is 10.5 Å². The van der Waals surface area contributed by atoms with Gasteiger partial charge >= 0.3 is 0 Å². The summed E-state index contributed by atoms with van der Waals surface area (Å²) in [4.78, 5) is 0.657. The van der Waals surface area contributed by atoms with Gasteiger partial charge in [0.05, 0.1) is 9.88 Å². The van der Waals surface area contributed by atoms with Gasteiger partial charge in [-0.1, -0.05) is 24.4 Å². The summed E-state index contributed by atoms with van der Waals surface area (Å²) in [5.74, 6) is 0.927. The van der Waals surface area contributed by atoms with Gasteiger partial charge in [0, 0.05) is 12.5 Å². The largest absolute Gasteiger partial charge is 0.393 e.